The summed E-state index contributed by atoms with van der Waals surface area (Å²) in [6, 6.07) is 12.4. The number of sulfonamides is 1. The van der Waals surface area contributed by atoms with Crippen LogP contribution < -0.4 is 5.32 Å². The Bertz CT molecular complexity index is 926. The molecular formula is C22H28N2O3S. The molecule has 0 bridgehead atoms. The van der Waals surface area contributed by atoms with Gasteiger partial charge in [-0.2, -0.15) is 4.31 Å². The molecule has 0 aliphatic carbocycles. The number of aryl methyl sites for hydroxylation is 2. The third-order valence-electron chi connectivity index (χ3n) is 5.29. The Hall–Kier alpha value is -2.18. The molecule has 3 rings (SSSR count). The summed E-state index contributed by atoms with van der Waals surface area (Å²) in [7, 11) is -3.56. The quantitative estimate of drug-likeness (QED) is 0.789. The lowest BCUT2D eigenvalue weighted by atomic mass is 10.0. The predicted octanol–water partition coefficient (Wildman–Crippen LogP) is 4.24. The van der Waals surface area contributed by atoms with Gasteiger partial charge in [0.25, 0.3) is 5.91 Å². The molecule has 2 aromatic carbocycles. The van der Waals surface area contributed by atoms with Gasteiger partial charge in [-0.05, 0) is 55.0 Å². The molecule has 0 atom stereocenters. The van der Waals surface area contributed by atoms with Gasteiger partial charge in [0.15, 0.2) is 0 Å². The zero-order valence-electron chi connectivity index (χ0n) is 16.6. The normalized spacial score (nSPS) is 15.4. The third-order valence-corrected chi connectivity index (χ3v) is 7.18. The average molecular weight is 401 g/mol. The van der Waals surface area contributed by atoms with E-state index in [0.29, 0.717) is 18.7 Å². The van der Waals surface area contributed by atoms with E-state index < -0.39 is 10.0 Å². The smallest absolute Gasteiger partial charge is 0.255 e. The van der Waals surface area contributed by atoms with Crippen molar-refractivity contribution in [2.24, 2.45) is 0 Å². The molecule has 0 saturated carbocycles. The number of hydrogen-bond donors (Lipinski definition) is 1. The lowest BCUT2D eigenvalue weighted by Gasteiger charge is -2.26. The Morgan fingerprint density at radius 1 is 0.964 bits per heavy atom. The molecule has 1 amide bonds. The number of rotatable bonds is 6. The number of piperidine rings is 1. The summed E-state index contributed by atoms with van der Waals surface area (Å²) in [5.74, 6) is -0.286. The van der Waals surface area contributed by atoms with Gasteiger partial charge in [-0.1, -0.05) is 44.5 Å². The van der Waals surface area contributed by atoms with Crippen molar-refractivity contribution in [3.05, 3.63) is 59.2 Å². The second-order valence-electron chi connectivity index (χ2n) is 7.11. The number of benzene rings is 2. The number of hydrogen-bond acceptors (Lipinski definition) is 3. The van der Waals surface area contributed by atoms with Crippen molar-refractivity contribution < 1.29 is 13.2 Å². The Kier molecular flexibility index (Phi) is 6.52. The molecule has 0 spiro atoms. The highest BCUT2D eigenvalue weighted by Gasteiger charge is 2.26. The molecule has 2 aromatic rings. The number of nitrogens with zero attached hydrogens (tertiary/aromatic N) is 1. The van der Waals surface area contributed by atoms with Gasteiger partial charge in [0.2, 0.25) is 10.0 Å². The summed E-state index contributed by atoms with van der Waals surface area (Å²) >= 11 is 0. The van der Waals surface area contributed by atoms with Gasteiger partial charge < -0.3 is 5.32 Å². The summed E-state index contributed by atoms with van der Waals surface area (Å²) in [5.41, 5.74) is 3.34. The van der Waals surface area contributed by atoms with Gasteiger partial charge in [-0.3, -0.25) is 4.79 Å². The second-order valence-corrected chi connectivity index (χ2v) is 9.04. The molecule has 1 N–H and O–H groups in total. The lowest BCUT2D eigenvalue weighted by molar-refractivity contribution is 0.102. The third kappa shape index (κ3) is 4.28. The number of carbonyl (C=O) groups excluding carboxylic acids is 1. The maximum absolute atomic E-state index is 12.9. The van der Waals surface area contributed by atoms with E-state index in [1.807, 2.05) is 18.2 Å². The molecule has 150 valence electrons. The van der Waals surface area contributed by atoms with E-state index in [1.165, 1.54) is 10.4 Å². The molecule has 5 nitrogen and oxygen atoms in total. The van der Waals surface area contributed by atoms with Crippen molar-refractivity contribution in [3.63, 3.8) is 0 Å². The highest BCUT2D eigenvalue weighted by atomic mass is 32.2. The van der Waals surface area contributed by atoms with Gasteiger partial charge in [0, 0.05) is 24.3 Å². The Morgan fingerprint density at radius 2 is 1.57 bits per heavy atom. The van der Waals surface area contributed by atoms with E-state index in [-0.39, 0.29) is 10.8 Å². The molecular weight excluding hydrogens is 372 g/mol. The van der Waals surface area contributed by atoms with Crippen LogP contribution in [0.25, 0.3) is 0 Å². The minimum Gasteiger partial charge on any atom is -0.321 e. The maximum Gasteiger partial charge on any atom is 0.255 e. The number of nitrogens with one attached hydrogen (secondary N) is 1. The molecule has 1 aliphatic heterocycles. The fourth-order valence-corrected chi connectivity index (χ4v) is 5.20. The van der Waals surface area contributed by atoms with Crippen LogP contribution in [0.3, 0.4) is 0 Å². The first-order valence-electron chi connectivity index (χ1n) is 9.99. The van der Waals surface area contributed by atoms with E-state index in [0.717, 1.165) is 48.9 Å². The van der Waals surface area contributed by atoms with Gasteiger partial charge in [-0.15, -0.1) is 0 Å². The lowest BCUT2D eigenvalue weighted by Crippen LogP contribution is -2.35. The number of anilines is 1. The largest absolute Gasteiger partial charge is 0.321 e. The zero-order valence-corrected chi connectivity index (χ0v) is 17.4. The summed E-state index contributed by atoms with van der Waals surface area (Å²) in [6.45, 7) is 5.19. The molecule has 0 radical (unpaired) electrons. The monoisotopic (exact) mass is 400 g/mol. The molecule has 28 heavy (non-hydrogen) atoms. The highest BCUT2D eigenvalue weighted by Crippen LogP contribution is 2.25. The van der Waals surface area contributed by atoms with Crippen LogP contribution in [0, 0.1) is 0 Å². The summed E-state index contributed by atoms with van der Waals surface area (Å²) in [4.78, 5) is 13.1. The first-order valence-corrected chi connectivity index (χ1v) is 11.4. The Labute approximate surface area is 167 Å². The van der Waals surface area contributed by atoms with Gasteiger partial charge in [0.05, 0.1) is 4.90 Å². The van der Waals surface area contributed by atoms with Crippen molar-refractivity contribution >= 4 is 21.6 Å². The zero-order chi connectivity index (χ0) is 20.1. The topological polar surface area (TPSA) is 66.5 Å². The van der Waals surface area contributed by atoms with Crippen LogP contribution in [0.5, 0.6) is 0 Å². The maximum atomic E-state index is 12.9. The minimum absolute atomic E-state index is 0.182. The molecule has 0 unspecified atom stereocenters. The highest BCUT2D eigenvalue weighted by molar-refractivity contribution is 7.89. The van der Waals surface area contributed by atoms with Crippen molar-refractivity contribution in [1.82, 2.24) is 4.31 Å². The van der Waals surface area contributed by atoms with Gasteiger partial charge in [0.1, 0.15) is 0 Å². The van der Waals surface area contributed by atoms with Crippen LogP contribution in [0.4, 0.5) is 5.69 Å². The standard InChI is InChI=1S/C22H28N2O3S/c1-3-17-10-8-11-18(4-2)21(17)23-22(25)19-12-9-13-20(16-19)28(26,27)24-14-6-5-7-15-24/h8-13,16H,3-7,14-15H2,1-2H3,(H,23,25). The van der Waals surface area contributed by atoms with Crippen LogP contribution in [0.15, 0.2) is 47.4 Å². The van der Waals surface area contributed by atoms with Gasteiger partial charge in [-0.25, -0.2) is 8.42 Å². The predicted molar refractivity (Wildman–Crippen MR) is 112 cm³/mol. The van der Waals surface area contributed by atoms with Crippen molar-refractivity contribution in [1.29, 1.82) is 0 Å². The van der Waals surface area contributed by atoms with Crippen LogP contribution in [0.2, 0.25) is 0 Å². The van der Waals surface area contributed by atoms with E-state index in [4.69, 9.17) is 0 Å². The first kappa shape index (κ1) is 20.6. The van der Waals surface area contributed by atoms with Crippen LogP contribution in [-0.2, 0) is 22.9 Å². The van der Waals surface area contributed by atoms with E-state index in [1.54, 1.807) is 18.2 Å². The van der Waals surface area contributed by atoms with Crippen molar-refractivity contribution in [2.45, 2.75) is 50.8 Å². The second kappa shape index (κ2) is 8.88. The van der Waals surface area contributed by atoms with Crippen LogP contribution in [0.1, 0.15) is 54.6 Å². The van der Waals surface area contributed by atoms with Gasteiger partial charge >= 0.3 is 0 Å². The Balaban J connectivity index is 1.88. The molecule has 1 fully saturated rings. The van der Waals surface area contributed by atoms with Crippen molar-refractivity contribution in [3.8, 4) is 0 Å². The number of para-hydroxylation sites is 1. The summed E-state index contributed by atoms with van der Waals surface area (Å²) < 4.78 is 27.4. The van der Waals surface area contributed by atoms with Crippen molar-refractivity contribution in [2.75, 3.05) is 18.4 Å². The van der Waals surface area contributed by atoms with E-state index in [2.05, 4.69) is 19.2 Å². The van der Waals surface area contributed by atoms with Crippen LogP contribution >= 0.6 is 0 Å². The molecule has 0 aromatic heterocycles. The molecule has 1 saturated heterocycles. The molecule has 6 heteroatoms. The fraction of sp³-hybridized carbons (Fsp3) is 0.409. The summed E-state index contributed by atoms with van der Waals surface area (Å²) in [6.07, 6.45) is 4.45. The van der Waals surface area contributed by atoms with Crippen LogP contribution in [-0.4, -0.2) is 31.7 Å². The average Bonchev–Trinajstić information content (AvgIpc) is 2.74. The van der Waals surface area contributed by atoms with E-state index in [9.17, 15) is 13.2 Å². The summed E-state index contributed by atoms with van der Waals surface area (Å²) in [5, 5.41) is 3.01. The minimum atomic E-state index is -3.56. The van der Waals surface area contributed by atoms with E-state index >= 15 is 0 Å². The fourth-order valence-electron chi connectivity index (χ4n) is 3.64. The number of amides is 1. The molecule has 1 heterocycles. The SMILES string of the molecule is CCc1cccc(CC)c1NC(=O)c1cccc(S(=O)(=O)N2CCCCC2)c1. The molecule has 1 aliphatic rings. The Morgan fingerprint density at radius 3 is 2.18 bits per heavy atom. The number of carbonyl (C=O) groups is 1. The first-order chi connectivity index (χ1) is 13.5.